The summed E-state index contributed by atoms with van der Waals surface area (Å²) in [5.74, 6) is -0.842. The molecule has 0 aromatic rings. The molecular weight excluding hydrogens is 208 g/mol. The molecule has 0 saturated carbocycles. The molecule has 0 radical (unpaired) electrons. The third kappa shape index (κ3) is 5.34. The quantitative estimate of drug-likeness (QED) is 0.409. The average molecular weight is 226 g/mol. The van der Waals surface area contributed by atoms with E-state index >= 15 is 0 Å². The van der Waals surface area contributed by atoms with Gasteiger partial charge in [-0.1, -0.05) is 13.3 Å². The molecule has 0 bridgehead atoms. The lowest BCUT2D eigenvalue weighted by atomic mass is 10.0. The van der Waals surface area contributed by atoms with Crippen LogP contribution in [0.2, 0.25) is 0 Å². The molecule has 0 aromatic carbocycles. The van der Waals surface area contributed by atoms with Crippen LogP contribution >= 0.6 is 0 Å². The van der Waals surface area contributed by atoms with Crippen molar-refractivity contribution in [2.75, 3.05) is 14.2 Å². The predicted octanol–water partition coefficient (Wildman–Crippen LogP) is 2.01. The third-order valence-corrected chi connectivity index (χ3v) is 2.05. The maximum absolute atomic E-state index is 11.1. The van der Waals surface area contributed by atoms with Gasteiger partial charge in [-0.3, -0.25) is 0 Å². The van der Waals surface area contributed by atoms with Crippen LogP contribution in [0.15, 0.2) is 23.3 Å². The van der Waals surface area contributed by atoms with Crippen molar-refractivity contribution >= 4 is 11.9 Å². The van der Waals surface area contributed by atoms with Gasteiger partial charge in [0.05, 0.1) is 14.2 Å². The first-order valence-corrected chi connectivity index (χ1v) is 5.10. The lowest BCUT2D eigenvalue weighted by Crippen LogP contribution is -2.01. The highest BCUT2D eigenvalue weighted by molar-refractivity contribution is 5.86. The summed E-state index contributed by atoms with van der Waals surface area (Å²) in [7, 11) is 2.64. The number of carbonyl (C=O) groups is 2. The normalized spacial score (nSPS) is 12.2. The van der Waals surface area contributed by atoms with Crippen molar-refractivity contribution in [2.45, 2.75) is 26.7 Å². The summed E-state index contributed by atoms with van der Waals surface area (Å²) in [6.07, 6.45) is 4.37. The molecule has 4 nitrogen and oxygen atoms in total. The number of hydrogen-bond donors (Lipinski definition) is 0. The molecule has 16 heavy (non-hydrogen) atoms. The first-order valence-electron chi connectivity index (χ1n) is 5.10. The molecule has 0 amide bonds. The Hall–Kier alpha value is -1.58. The summed E-state index contributed by atoms with van der Waals surface area (Å²) >= 11 is 0. The first-order chi connectivity index (χ1) is 7.54. The smallest absolute Gasteiger partial charge is 0.330 e. The molecule has 0 heterocycles. The zero-order valence-electron chi connectivity index (χ0n) is 10.2. The van der Waals surface area contributed by atoms with Gasteiger partial charge in [0.1, 0.15) is 0 Å². The van der Waals surface area contributed by atoms with Crippen LogP contribution in [-0.4, -0.2) is 26.2 Å². The lowest BCUT2D eigenvalue weighted by molar-refractivity contribution is -0.135. The highest BCUT2D eigenvalue weighted by Crippen LogP contribution is 2.15. The van der Waals surface area contributed by atoms with Crippen LogP contribution in [0, 0.1) is 0 Å². The van der Waals surface area contributed by atoms with Crippen molar-refractivity contribution in [3.05, 3.63) is 23.3 Å². The molecule has 0 fully saturated rings. The summed E-state index contributed by atoms with van der Waals surface area (Å²) in [5, 5.41) is 0. The fraction of sp³-hybridized carbons (Fsp3) is 0.500. The molecule has 0 saturated heterocycles. The molecule has 4 heteroatoms. The van der Waals surface area contributed by atoms with Gasteiger partial charge in [0.15, 0.2) is 0 Å². The van der Waals surface area contributed by atoms with Gasteiger partial charge in [0.25, 0.3) is 0 Å². The predicted molar refractivity (Wildman–Crippen MR) is 60.8 cm³/mol. The van der Waals surface area contributed by atoms with Crippen LogP contribution in [0.1, 0.15) is 26.7 Å². The molecular formula is C12H18O4. The Balaban J connectivity index is 4.91. The summed E-state index contributed by atoms with van der Waals surface area (Å²) in [6.45, 7) is 3.76. The molecule has 0 N–H and O–H groups in total. The molecule has 0 aliphatic rings. The zero-order chi connectivity index (χ0) is 12.6. The van der Waals surface area contributed by atoms with Crippen molar-refractivity contribution in [2.24, 2.45) is 0 Å². The second-order valence-electron chi connectivity index (χ2n) is 3.29. The average Bonchev–Trinajstić information content (AvgIpc) is 2.27. The van der Waals surface area contributed by atoms with E-state index in [0.717, 1.165) is 17.6 Å². The maximum Gasteiger partial charge on any atom is 0.330 e. The van der Waals surface area contributed by atoms with E-state index in [-0.39, 0.29) is 0 Å². The topological polar surface area (TPSA) is 52.6 Å². The Bertz CT molecular complexity index is 313. The van der Waals surface area contributed by atoms with Crippen LogP contribution in [0.3, 0.4) is 0 Å². The van der Waals surface area contributed by atoms with Gasteiger partial charge in [-0.2, -0.15) is 0 Å². The van der Waals surface area contributed by atoms with Crippen LogP contribution < -0.4 is 0 Å². The SMILES string of the molecule is CCCC(=C/C(=O)OC)/C(C)=C/C(=O)OC. The van der Waals surface area contributed by atoms with E-state index in [1.165, 1.54) is 26.4 Å². The highest BCUT2D eigenvalue weighted by Gasteiger charge is 2.05. The lowest BCUT2D eigenvalue weighted by Gasteiger charge is -2.06. The van der Waals surface area contributed by atoms with Crippen molar-refractivity contribution in [1.29, 1.82) is 0 Å². The molecule has 0 aromatic heterocycles. The van der Waals surface area contributed by atoms with Crippen LogP contribution in [0.25, 0.3) is 0 Å². The standard InChI is InChI=1S/C12H18O4/c1-5-6-10(8-12(14)16-4)9(2)7-11(13)15-3/h7-8H,5-6H2,1-4H3/b9-7+,10-8-. The van der Waals surface area contributed by atoms with E-state index in [0.29, 0.717) is 6.42 Å². The van der Waals surface area contributed by atoms with Gasteiger partial charge in [-0.25, -0.2) is 9.59 Å². The number of hydrogen-bond acceptors (Lipinski definition) is 4. The second kappa shape index (κ2) is 7.68. The van der Waals surface area contributed by atoms with E-state index in [2.05, 4.69) is 9.47 Å². The fourth-order valence-electron chi connectivity index (χ4n) is 1.18. The first kappa shape index (κ1) is 14.4. The van der Waals surface area contributed by atoms with E-state index in [4.69, 9.17) is 0 Å². The van der Waals surface area contributed by atoms with E-state index < -0.39 is 11.9 Å². The number of carbonyl (C=O) groups excluding carboxylic acids is 2. The van der Waals surface area contributed by atoms with E-state index in [9.17, 15) is 9.59 Å². The molecule has 0 spiro atoms. The van der Waals surface area contributed by atoms with Crippen molar-refractivity contribution < 1.29 is 19.1 Å². The van der Waals surface area contributed by atoms with Gasteiger partial charge >= 0.3 is 11.9 Å². The molecule has 0 rings (SSSR count). The van der Waals surface area contributed by atoms with Crippen LogP contribution in [0.5, 0.6) is 0 Å². The number of esters is 2. The number of allylic oxidation sites excluding steroid dienone is 2. The number of ether oxygens (including phenoxy) is 2. The summed E-state index contributed by atoms with van der Waals surface area (Å²) in [5.41, 5.74) is 1.51. The van der Waals surface area contributed by atoms with Gasteiger partial charge < -0.3 is 9.47 Å². The maximum atomic E-state index is 11.1. The molecule has 0 unspecified atom stereocenters. The van der Waals surface area contributed by atoms with Crippen LogP contribution in [0.4, 0.5) is 0 Å². The minimum Gasteiger partial charge on any atom is -0.466 e. The zero-order valence-corrected chi connectivity index (χ0v) is 10.2. The highest BCUT2D eigenvalue weighted by atomic mass is 16.5. The Morgan fingerprint density at radius 2 is 1.56 bits per heavy atom. The Labute approximate surface area is 95.9 Å². The number of rotatable bonds is 5. The molecule has 0 aliphatic carbocycles. The van der Waals surface area contributed by atoms with Crippen molar-refractivity contribution in [3.8, 4) is 0 Å². The van der Waals surface area contributed by atoms with Crippen molar-refractivity contribution in [3.63, 3.8) is 0 Å². The summed E-state index contributed by atoms with van der Waals surface area (Å²) in [4.78, 5) is 22.2. The Morgan fingerprint density at radius 1 is 1.06 bits per heavy atom. The third-order valence-electron chi connectivity index (χ3n) is 2.05. The largest absolute Gasteiger partial charge is 0.466 e. The summed E-state index contributed by atoms with van der Waals surface area (Å²) in [6, 6.07) is 0. The number of methoxy groups -OCH3 is 2. The van der Waals surface area contributed by atoms with Crippen LogP contribution in [-0.2, 0) is 19.1 Å². The minimum atomic E-state index is -0.427. The fourth-order valence-corrected chi connectivity index (χ4v) is 1.18. The van der Waals surface area contributed by atoms with Gasteiger partial charge in [-0.15, -0.1) is 0 Å². The van der Waals surface area contributed by atoms with E-state index in [1.54, 1.807) is 6.92 Å². The molecule has 90 valence electrons. The second-order valence-corrected chi connectivity index (χ2v) is 3.29. The Morgan fingerprint density at radius 3 is 2.00 bits per heavy atom. The monoisotopic (exact) mass is 226 g/mol. The van der Waals surface area contributed by atoms with Gasteiger partial charge in [0.2, 0.25) is 0 Å². The molecule has 0 aliphatic heterocycles. The van der Waals surface area contributed by atoms with Gasteiger partial charge in [-0.05, 0) is 24.5 Å². The minimum absolute atomic E-state index is 0.416. The summed E-state index contributed by atoms with van der Waals surface area (Å²) < 4.78 is 9.07. The Kier molecular flexibility index (Phi) is 6.92. The molecule has 0 atom stereocenters. The van der Waals surface area contributed by atoms with E-state index in [1.807, 2.05) is 6.92 Å². The van der Waals surface area contributed by atoms with Gasteiger partial charge in [0, 0.05) is 12.2 Å². The van der Waals surface area contributed by atoms with Crippen molar-refractivity contribution in [1.82, 2.24) is 0 Å².